The van der Waals surface area contributed by atoms with Crippen molar-refractivity contribution in [2.45, 2.75) is 38.2 Å². The maximum atomic E-state index is 12.3. The first-order chi connectivity index (χ1) is 13.9. The number of rotatable bonds is 4. The van der Waals surface area contributed by atoms with Gasteiger partial charge in [0.2, 0.25) is 0 Å². The van der Waals surface area contributed by atoms with E-state index in [9.17, 15) is 4.79 Å². The number of allylic oxidation sites excluding steroid dienone is 5. The summed E-state index contributed by atoms with van der Waals surface area (Å²) in [4.78, 5) is 22.9. The number of carbonyl (C=O) groups excluding carboxylic acids is 1. The molecule has 0 saturated heterocycles. The first kappa shape index (κ1) is 20.2. The lowest BCUT2D eigenvalue weighted by Gasteiger charge is -2.31. The predicted octanol–water partition coefficient (Wildman–Crippen LogP) is 4.39. The molecular weight excluding hydrogens is 413 g/mol. The molecule has 0 radical (unpaired) electrons. The molecular formula is C21H23Cl2N3O3. The van der Waals surface area contributed by atoms with E-state index >= 15 is 0 Å². The number of nitrogens with zero attached hydrogens (tertiary/aromatic N) is 2. The maximum absolute atomic E-state index is 12.3. The molecule has 4 unspecified atom stereocenters. The molecule has 1 aliphatic heterocycles. The Kier molecular flexibility index (Phi) is 5.58. The molecule has 4 atom stereocenters. The molecule has 1 spiro atoms. The van der Waals surface area contributed by atoms with Gasteiger partial charge in [0.1, 0.15) is 19.0 Å². The third-order valence-electron chi connectivity index (χ3n) is 6.19. The number of hydrogen-bond acceptors (Lipinski definition) is 5. The van der Waals surface area contributed by atoms with Crippen LogP contribution in [0.3, 0.4) is 0 Å². The summed E-state index contributed by atoms with van der Waals surface area (Å²) >= 11 is 12.7. The van der Waals surface area contributed by atoms with Crippen molar-refractivity contribution < 1.29 is 14.5 Å². The normalized spacial score (nSPS) is 33.4. The van der Waals surface area contributed by atoms with Crippen molar-refractivity contribution in [3.05, 3.63) is 45.5 Å². The molecule has 8 heteroatoms. The van der Waals surface area contributed by atoms with Gasteiger partial charge in [-0.25, -0.2) is 0 Å². The summed E-state index contributed by atoms with van der Waals surface area (Å²) in [7, 11) is 1.42. The lowest BCUT2D eigenvalue weighted by atomic mass is 9.77. The third kappa shape index (κ3) is 3.76. The molecule has 29 heavy (non-hydrogen) atoms. The minimum atomic E-state index is -0.367. The van der Waals surface area contributed by atoms with Gasteiger partial charge in [0.15, 0.2) is 0 Å². The van der Waals surface area contributed by atoms with Crippen molar-refractivity contribution in [2.24, 2.45) is 28.1 Å². The van der Waals surface area contributed by atoms with Gasteiger partial charge in [-0.15, -0.1) is 0 Å². The van der Waals surface area contributed by atoms with Gasteiger partial charge in [0, 0.05) is 39.8 Å². The van der Waals surface area contributed by atoms with Crippen molar-refractivity contribution >= 4 is 41.2 Å². The molecule has 1 amide bonds. The fraction of sp³-hybridized carbons (Fsp3) is 0.476. The molecule has 0 aromatic rings. The quantitative estimate of drug-likeness (QED) is 0.404. The lowest BCUT2D eigenvalue weighted by molar-refractivity contribution is -0.115. The van der Waals surface area contributed by atoms with E-state index in [-0.39, 0.29) is 29.3 Å². The van der Waals surface area contributed by atoms with E-state index in [4.69, 9.17) is 28.0 Å². The van der Waals surface area contributed by atoms with E-state index in [1.807, 2.05) is 19.1 Å². The van der Waals surface area contributed by atoms with Crippen LogP contribution in [0.5, 0.6) is 0 Å². The largest absolute Gasteiger partial charge is 0.398 e. The molecule has 4 rings (SSSR count). The third-order valence-corrected chi connectivity index (χ3v) is 6.82. The first-order valence-electron chi connectivity index (χ1n) is 9.67. The second kappa shape index (κ2) is 8.00. The first-order valence-corrected chi connectivity index (χ1v) is 10.4. The molecule has 3 aliphatic carbocycles. The standard InChI is InChI=1S/C21H23Cl2N3O3/c1-12-7-13(3-4-15(12)20(27)24-11-25-28-2)19-10-21(29-26-19)6-5-16-17(21)8-14(22)9-18(16)23/h4,7-9,11,13,16-17H,3,5-6,10H2,1-2H3,(H,24,25,27). The molecule has 1 N–H and O–H groups in total. The number of amides is 1. The van der Waals surface area contributed by atoms with Crippen LogP contribution in [0.25, 0.3) is 0 Å². The van der Waals surface area contributed by atoms with Crippen LogP contribution >= 0.6 is 23.2 Å². The molecule has 0 aromatic heterocycles. The van der Waals surface area contributed by atoms with Crippen molar-refractivity contribution in [2.75, 3.05) is 7.11 Å². The Labute approximate surface area is 180 Å². The Morgan fingerprint density at radius 3 is 3.03 bits per heavy atom. The van der Waals surface area contributed by atoms with Crippen molar-refractivity contribution in [3.63, 3.8) is 0 Å². The number of fused-ring (bicyclic) bond motifs is 2. The molecule has 1 saturated carbocycles. The number of oxime groups is 2. The highest BCUT2D eigenvalue weighted by atomic mass is 35.5. The summed E-state index contributed by atoms with van der Waals surface area (Å²) in [5, 5.41) is 12.1. The van der Waals surface area contributed by atoms with E-state index in [1.165, 1.54) is 13.4 Å². The Morgan fingerprint density at radius 2 is 2.28 bits per heavy atom. The Hall–Kier alpha value is -2.05. The molecule has 0 bridgehead atoms. The topological polar surface area (TPSA) is 72.3 Å². The summed E-state index contributed by atoms with van der Waals surface area (Å²) in [6, 6.07) is 0. The molecule has 4 aliphatic rings. The smallest absolute Gasteiger partial charge is 0.256 e. The van der Waals surface area contributed by atoms with Crippen LogP contribution in [0.15, 0.2) is 55.8 Å². The Morgan fingerprint density at radius 1 is 1.45 bits per heavy atom. The predicted molar refractivity (Wildman–Crippen MR) is 114 cm³/mol. The van der Waals surface area contributed by atoms with Gasteiger partial charge >= 0.3 is 0 Å². The SMILES string of the molecule is CO/N=C/NC(=O)C1=CCC(C2=NOC3(CCC4C(Cl)=CC(Cl)=CC43)C2)C=C1C. The summed E-state index contributed by atoms with van der Waals surface area (Å²) in [5.41, 5.74) is 2.19. The summed E-state index contributed by atoms with van der Waals surface area (Å²) in [5.74, 6) is 0.300. The van der Waals surface area contributed by atoms with Crippen molar-refractivity contribution in [1.29, 1.82) is 0 Å². The van der Waals surface area contributed by atoms with E-state index in [0.717, 1.165) is 35.6 Å². The summed E-state index contributed by atoms with van der Waals surface area (Å²) < 4.78 is 0. The minimum Gasteiger partial charge on any atom is -0.398 e. The molecule has 6 nitrogen and oxygen atoms in total. The number of nitrogens with one attached hydrogen (secondary N) is 1. The van der Waals surface area contributed by atoms with Gasteiger partial charge in [0.25, 0.3) is 5.91 Å². The lowest BCUT2D eigenvalue weighted by Crippen LogP contribution is -2.36. The van der Waals surface area contributed by atoms with Gasteiger partial charge in [-0.3, -0.25) is 4.79 Å². The number of halogens is 2. The molecule has 1 fully saturated rings. The van der Waals surface area contributed by atoms with Crippen LogP contribution in [0.1, 0.15) is 32.6 Å². The van der Waals surface area contributed by atoms with Gasteiger partial charge in [0.05, 0.1) is 5.71 Å². The van der Waals surface area contributed by atoms with Crippen LogP contribution in [-0.2, 0) is 14.5 Å². The fourth-order valence-electron chi connectivity index (χ4n) is 4.77. The molecule has 1 heterocycles. The van der Waals surface area contributed by atoms with Crippen molar-refractivity contribution in [1.82, 2.24) is 5.32 Å². The van der Waals surface area contributed by atoms with Crippen LogP contribution in [-0.4, -0.2) is 30.7 Å². The van der Waals surface area contributed by atoms with Crippen LogP contribution < -0.4 is 5.32 Å². The van der Waals surface area contributed by atoms with Gasteiger partial charge in [-0.05, 0) is 37.8 Å². The van der Waals surface area contributed by atoms with Crippen LogP contribution in [0.2, 0.25) is 0 Å². The molecule has 154 valence electrons. The van der Waals surface area contributed by atoms with E-state index < -0.39 is 0 Å². The number of hydrogen-bond donors (Lipinski definition) is 1. The second-order valence-corrected chi connectivity index (χ2v) is 8.74. The van der Waals surface area contributed by atoms with Crippen molar-refractivity contribution in [3.8, 4) is 0 Å². The molecule has 0 aromatic carbocycles. The zero-order valence-corrected chi connectivity index (χ0v) is 17.8. The van der Waals surface area contributed by atoms with E-state index in [0.29, 0.717) is 17.0 Å². The Bertz CT molecular complexity index is 903. The summed E-state index contributed by atoms with van der Waals surface area (Å²) in [6.07, 6.45) is 12.5. The summed E-state index contributed by atoms with van der Waals surface area (Å²) in [6.45, 7) is 1.93. The minimum absolute atomic E-state index is 0.117. The van der Waals surface area contributed by atoms with E-state index in [2.05, 4.69) is 32.6 Å². The highest BCUT2D eigenvalue weighted by Crippen LogP contribution is 2.54. The average Bonchev–Trinajstić information content (AvgIpc) is 3.27. The monoisotopic (exact) mass is 435 g/mol. The van der Waals surface area contributed by atoms with Crippen LogP contribution in [0.4, 0.5) is 0 Å². The fourth-order valence-corrected chi connectivity index (χ4v) is 5.44. The zero-order chi connectivity index (χ0) is 20.6. The maximum Gasteiger partial charge on any atom is 0.256 e. The zero-order valence-electron chi connectivity index (χ0n) is 16.3. The number of carbonyl (C=O) groups is 1. The highest BCUT2D eigenvalue weighted by Gasteiger charge is 2.55. The second-order valence-electron chi connectivity index (χ2n) is 7.87. The van der Waals surface area contributed by atoms with Gasteiger partial charge in [-0.1, -0.05) is 51.7 Å². The van der Waals surface area contributed by atoms with E-state index in [1.54, 1.807) is 0 Å². The highest BCUT2D eigenvalue weighted by molar-refractivity contribution is 6.35. The van der Waals surface area contributed by atoms with Gasteiger partial charge < -0.3 is 15.0 Å². The average molecular weight is 436 g/mol. The van der Waals surface area contributed by atoms with Gasteiger partial charge in [-0.2, -0.15) is 0 Å². The van der Waals surface area contributed by atoms with Crippen LogP contribution in [0, 0.1) is 17.8 Å². The Balaban J connectivity index is 1.44.